The predicted octanol–water partition coefficient (Wildman–Crippen LogP) is 1.94. The second kappa shape index (κ2) is 2.88. The van der Waals surface area contributed by atoms with E-state index in [0.717, 1.165) is 6.20 Å². The normalized spacial score (nSPS) is 10.5. The van der Waals surface area contributed by atoms with Crippen molar-refractivity contribution in [3.63, 3.8) is 0 Å². The highest BCUT2D eigenvalue weighted by molar-refractivity contribution is 9.10. The molecule has 2 rings (SSSR count). The fraction of sp³-hybridized carbons (Fsp3) is 0. The first-order chi connectivity index (χ1) is 6.20. The molecule has 13 heavy (non-hydrogen) atoms. The van der Waals surface area contributed by atoms with E-state index in [2.05, 4.69) is 15.9 Å². The Kier molecular flexibility index (Phi) is 1.84. The third kappa shape index (κ3) is 1.23. The number of rotatable bonds is 0. The number of hydrogen-bond donors (Lipinski definition) is 1. The molecule has 66 valence electrons. The van der Waals surface area contributed by atoms with Crippen molar-refractivity contribution in [1.29, 1.82) is 0 Å². The van der Waals surface area contributed by atoms with Crippen molar-refractivity contribution < 1.29 is 9.84 Å². The minimum absolute atomic E-state index is 0.0475. The molecule has 0 spiro atoms. The highest BCUT2D eigenvalue weighted by Crippen LogP contribution is 2.29. The topological polar surface area (TPSA) is 47.2 Å². The van der Waals surface area contributed by atoms with Gasteiger partial charge in [0.2, 0.25) is 11.7 Å². The monoisotopic (exact) mass is 239 g/mol. The summed E-state index contributed by atoms with van der Waals surface area (Å²) in [5.41, 5.74) is 0.534. The van der Waals surface area contributed by atoms with Crippen molar-refractivity contribution in [2.24, 2.45) is 0 Å². The van der Waals surface area contributed by atoms with Gasteiger partial charge in [-0.1, -0.05) is 12.1 Å². The minimum atomic E-state index is -0.0475. The summed E-state index contributed by atoms with van der Waals surface area (Å²) in [7, 11) is 0. The molecular formula is C9H6BrNO2. The summed E-state index contributed by atoms with van der Waals surface area (Å²) in [5, 5.41) is 21.3. The molecule has 1 heterocycles. The number of fused-ring (bicyclic) bond motifs is 1. The Morgan fingerprint density at radius 2 is 2.00 bits per heavy atom. The van der Waals surface area contributed by atoms with Crippen LogP contribution in [0.15, 0.2) is 34.9 Å². The van der Waals surface area contributed by atoms with Gasteiger partial charge in [-0.2, -0.15) is 4.73 Å². The summed E-state index contributed by atoms with van der Waals surface area (Å²) in [6, 6.07) is 7.06. The summed E-state index contributed by atoms with van der Waals surface area (Å²) < 4.78 is 1.20. The van der Waals surface area contributed by atoms with E-state index in [1.807, 2.05) is 6.07 Å². The van der Waals surface area contributed by atoms with Gasteiger partial charge in [0.15, 0.2) is 5.75 Å². The molecule has 0 aliphatic heterocycles. The Morgan fingerprint density at radius 3 is 2.77 bits per heavy atom. The Bertz CT molecular complexity index is 470. The highest BCUT2D eigenvalue weighted by atomic mass is 79.9. The van der Waals surface area contributed by atoms with Gasteiger partial charge >= 0.3 is 0 Å². The zero-order chi connectivity index (χ0) is 9.42. The first-order valence-corrected chi connectivity index (χ1v) is 4.49. The van der Waals surface area contributed by atoms with Crippen molar-refractivity contribution in [2.75, 3.05) is 0 Å². The zero-order valence-corrected chi connectivity index (χ0v) is 8.15. The summed E-state index contributed by atoms with van der Waals surface area (Å²) in [6.45, 7) is 0. The van der Waals surface area contributed by atoms with E-state index in [1.165, 1.54) is 0 Å². The van der Waals surface area contributed by atoms with Gasteiger partial charge < -0.3 is 10.3 Å². The van der Waals surface area contributed by atoms with Crippen LogP contribution in [0.3, 0.4) is 0 Å². The Labute approximate surface area is 83.0 Å². The van der Waals surface area contributed by atoms with E-state index in [4.69, 9.17) is 0 Å². The van der Waals surface area contributed by atoms with Crippen LogP contribution in [-0.4, -0.2) is 5.11 Å². The van der Waals surface area contributed by atoms with Crippen LogP contribution in [0, 0.1) is 5.21 Å². The van der Waals surface area contributed by atoms with Crippen molar-refractivity contribution >= 4 is 26.8 Å². The van der Waals surface area contributed by atoms with E-state index < -0.39 is 0 Å². The number of pyridine rings is 1. The van der Waals surface area contributed by atoms with Crippen molar-refractivity contribution in [3.05, 3.63) is 40.1 Å². The number of aromatic nitrogens is 1. The molecule has 3 nitrogen and oxygen atoms in total. The summed E-state index contributed by atoms with van der Waals surface area (Å²) >= 11 is 3.21. The molecule has 0 fully saturated rings. The van der Waals surface area contributed by atoms with Crippen molar-refractivity contribution in [2.45, 2.75) is 0 Å². The van der Waals surface area contributed by atoms with Crippen LogP contribution < -0.4 is 4.73 Å². The summed E-state index contributed by atoms with van der Waals surface area (Å²) in [5.74, 6) is -0.0475. The fourth-order valence-electron chi connectivity index (χ4n) is 1.23. The van der Waals surface area contributed by atoms with Gasteiger partial charge in [-0.25, -0.2) is 0 Å². The minimum Gasteiger partial charge on any atom is -0.618 e. The van der Waals surface area contributed by atoms with E-state index in [1.54, 1.807) is 18.2 Å². The van der Waals surface area contributed by atoms with Crippen LogP contribution in [0.25, 0.3) is 10.9 Å². The summed E-state index contributed by atoms with van der Waals surface area (Å²) in [4.78, 5) is 0. The largest absolute Gasteiger partial charge is 0.618 e. The van der Waals surface area contributed by atoms with E-state index in [9.17, 15) is 10.3 Å². The third-order valence-corrected chi connectivity index (χ3v) is 2.68. The molecule has 0 radical (unpaired) electrons. The maximum absolute atomic E-state index is 11.3. The lowest BCUT2D eigenvalue weighted by Crippen LogP contribution is -2.26. The molecule has 0 atom stereocenters. The molecule has 0 saturated heterocycles. The number of benzene rings is 1. The van der Waals surface area contributed by atoms with Crippen LogP contribution >= 0.6 is 15.9 Å². The lowest BCUT2D eigenvalue weighted by atomic mass is 10.2. The molecule has 0 aliphatic carbocycles. The number of halogens is 1. The van der Waals surface area contributed by atoms with Crippen molar-refractivity contribution in [1.82, 2.24) is 0 Å². The first-order valence-electron chi connectivity index (χ1n) is 3.69. The van der Waals surface area contributed by atoms with Crippen LogP contribution in [0.4, 0.5) is 0 Å². The van der Waals surface area contributed by atoms with Gasteiger partial charge in [0.1, 0.15) is 0 Å². The average Bonchev–Trinajstić information content (AvgIpc) is 2.15. The van der Waals surface area contributed by atoms with Crippen LogP contribution in [0.5, 0.6) is 5.75 Å². The molecule has 0 bridgehead atoms. The number of para-hydroxylation sites is 1. The molecular weight excluding hydrogens is 234 g/mol. The number of hydrogen-bond acceptors (Lipinski definition) is 2. The van der Waals surface area contributed by atoms with E-state index in [-0.39, 0.29) is 5.75 Å². The molecule has 1 aromatic heterocycles. The fourth-order valence-corrected chi connectivity index (χ4v) is 1.66. The van der Waals surface area contributed by atoms with Crippen molar-refractivity contribution in [3.8, 4) is 5.75 Å². The Balaban J connectivity index is 2.97. The van der Waals surface area contributed by atoms with Gasteiger partial charge in [0, 0.05) is 6.07 Å². The summed E-state index contributed by atoms with van der Waals surface area (Å²) in [6.07, 6.45) is 1.13. The molecule has 0 unspecified atom stereocenters. The Hall–Kier alpha value is -1.29. The Morgan fingerprint density at radius 1 is 1.31 bits per heavy atom. The molecule has 2 aromatic rings. The number of aromatic hydroxyl groups is 1. The molecule has 1 N–H and O–H groups in total. The molecule has 0 saturated carbocycles. The first kappa shape index (κ1) is 8.31. The molecule has 1 aromatic carbocycles. The van der Waals surface area contributed by atoms with Crippen LogP contribution in [-0.2, 0) is 0 Å². The molecule has 0 aliphatic rings. The lowest BCUT2D eigenvalue weighted by molar-refractivity contribution is -0.577. The predicted molar refractivity (Wildman–Crippen MR) is 52.3 cm³/mol. The van der Waals surface area contributed by atoms with Gasteiger partial charge in [0.05, 0.1) is 9.86 Å². The standard InChI is InChI=1S/C9H6BrNO2/c10-9-6-3-1-2-4-7(6)11(13)5-8(9)12/h1-5,12H. The zero-order valence-electron chi connectivity index (χ0n) is 6.57. The van der Waals surface area contributed by atoms with Crippen LogP contribution in [0.1, 0.15) is 0 Å². The van der Waals surface area contributed by atoms with Gasteiger partial charge in [-0.05, 0) is 22.0 Å². The molecule has 4 heteroatoms. The second-order valence-corrected chi connectivity index (χ2v) is 3.46. The van der Waals surface area contributed by atoms with Gasteiger partial charge in [-0.3, -0.25) is 0 Å². The third-order valence-electron chi connectivity index (χ3n) is 1.84. The number of nitrogens with zero attached hydrogens (tertiary/aromatic N) is 1. The quantitative estimate of drug-likeness (QED) is 0.565. The smallest absolute Gasteiger partial charge is 0.225 e. The maximum atomic E-state index is 11.3. The van der Waals surface area contributed by atoms with Gasteiger partial charge in [0.25, 0.3) is 0 Å². The maximum Gasteiger partial charge on any atom is 0.225 e. The van der Waals surface area contributed by atoms with E-state index >= 15 is 0 Å². The van der Waals surface area contributed by atoms with E-state index in [0.29, 0.717) is 20.1 Å². The SMILES string of the molecule is [O-][n+]1cc(O)c(Br)c2ccccc21. The van der Waals surface area contributed by atoms with Gasteiger partial charge in [-0.15, -0.1) is 0 Å². The lowest BCUT2D eigenvalue weighted by Gasteiger charge is -2.03. The second-order valence-electron chi connectivity index (χ2n) is 2.67. The highest BCUT2D eigenvalue weighted by Gasteiger charge is 2.11. The van der Waals surface area contributed by atoms with Crippen LogP contribution in [0.2, 0.25) is 0 Å². The average molecular weight is 240 g/mol. The molecule has 0 amide bonds.